The van der Waals surface area contributed by atoms with E-state index in [9.17, 15) is 4.79 Å². The molecule has 15 heavy (non-hydrogen) atoms. The Hall–Kier alpha value is -1.61. The van der Waals surface area contributed by atoms with Gasteiger partial charge in [-0.05, 0) is 30.7 Å². The van der Waals surface area contributed by atoms with Gasteiger partial charge in [-0.1, -0.05) is 6.92 Å². The van der Waals surface area contributed by atoms with Gasteiger partial charge in [0.1, 0.15) is 5.58 Å². The topological polar surface area (TPSA) is 56.2 Å². The number of Topliss-reactive ketones (excluding diaryl/α,β-unsaturated/α-hetero) is 1. The molecule has 1 heterocycles. The fourth-order valence-electron chi connectivity index (χ4n) is 1.52. The van der Waals surface area contributed by atoms with E-state index < -0.39 is 6.04 Å². The Morgan fingerprint density at radius 2 is 2.27 bits per heavy atom. The Labute approximate surface area is 87.9 Å². The summed E-state index contributed by atoms with van der Waals surface area (Å²) in [5.74, 6) is -0.0133. The minimum absolute atomic E-state index is 0.0133. The fraction of sp³-hybridized carbons (Fsp3) is 0.250. The molecule has 0 saturated carbocycles. The molecular weight excluding hydrogens is 190 g/mol. The first-order chi connectivity index (χ1) is 7.22. The lowest BCUT2D eigenvalue weighted by molar-refractivity contribution is 0.0959. The zero-order valence-electron chi connectivity index (χ0n) is 8.57. The van der Waals surface area contributed by atoms with Crippen molar-refractivity contribution >= 4 is 16.8 Å². The summed E-state index contributed by atoms with van der Waals surface area (Å²) in [5.41, 5.74) is 7.13. The number of rotatable bonds is 3. The number of hydrogen-bond donors (Lipinski definition) is 1. The van der Waals surface area contributed by atoms with Crippen molar-refractivity contribution in [2.24, 2.45) is 5.73 Å². The van der Waals surface area contributed by atoms with Crippen molar-refractivity contribution in [3.8, 4) is 0 Å². The van der Waals surface area contributed by atoms with Crippen molar-refractivity contribution in [3.63, 3.8) is 0 Å². The maximum absolute atomic E-state index is 11.8. The van der Waals surface area contributed by atoms with E-state index in [0.29, 0.717) is 12.0 Å². The summed E-state index contributed by atoms with van der Waals surface area (Å²) in [6, 6.07) is 6.80. The highest BCUT2D eigenvalue weighted by atomic mass is 16.3. The number of carbonyl (C=O) groups is 1. The number of nitrogens with two attached hydrogens (primary N) is 1. The van der Waals surface area contributed by atoms with E-state index in [-0.39, 0.29) is 5.78 Å². The second kappa shape index (κ2) is 3.87. The summed E-state index contributed by atoms with van der Waals surface area (Å²) in [6.45, 7) is 1.90. The van der Waals surface area contributed by atoms with E-state index in [1.807, 2.05) is 19.1 Å². The molecular formula is C12H13NO2. The summed E-state index contributed by atoms with van der Waals surface area (Å²) in [5, 5.41) is 0.934. The van der Waals surface area contributed by atoms with Gasteiger partial charge in [-0.15, -0.1) is 0 Å². The van der Waals surface area contributed by atoms with Gasteiger partial charge in [0.05, 0.1) is 12.3 Å². The average Bonchev–Trinajstić information content (AvgIpc) is 2.73. The minimum atomic E-state index is -0.408. The van der Waals surface area contributed by atoms with Crippen molar-refractivity contribution in [1.29, 1.82) is 0 Å². The van der Waals surface area contributed by atoms with Gasteiger partial charge in [0.25, 0.3) is 0 Å². The molecule has 2 aromatic rings. The van der Waals surface area contributed by atoms with E-state index in [1.54, 1.807) is 18.4 Å². The van der Waals surface area contributed by atoms with Crippen molar-refractivity contribution in [1.82, 2.24) is 0 Å². The first kappa shape index (κ1) is 9.93. The van der Waals surface area contributed by atoms with Gasteiger partial charge >= 0.3 is 0 Å². The lowest BCUT2D eigenvalue weighted by Crippen LogP contribution is -2.29. The van der Waals surface area contributed by atoms with Gasteiger partial charge in [-0.3, -0.25) is 4.79 Å². The van der Waals surface area contributed by atoms with Crippen LogP contribution in [0.5, 0.6) is 0 Å². The molecule has 1 atom stereocenters. The normalized spacial score (nSPS) is 12.9. The zero-order chi connectivity index (χ0) is 10.8. The van der Waals surface area contributed by atoms with Crippen LogP contribution >= 0.6 is 0 Å². The average molecular weight is 203 g/mol. The first-order valence-corrected chi connectivity index (χ1v) is 4.99. The van der Waals surface area contributed by atoms with E-state index in [1.165, 1.54) is 0 Å². The Morgan fingerprint density at radius 3 is 3.00 bits per heavy atom. The van der Waals surface area contributed by atoms with Crippen LogP contribution < -0.4 is 5.73 Å². The van der Waals surface area contributed by atoms with Gasteiger partial charge in [0, 0.05) is 10.9 Å². The van der Waals surface area contributed by atoms with Crippen molar-refractivity contribution in [2.45, 2.75) is 19.4 Å². The van der Waals surface area contributed by atoms with Crippen molar-refractivity contribution < 1.29 is 9.21 Å². The molecule has 0 spiro atoms. The van der Waals surface area contributed by atoms with Gasteiger partial charge in [-0.25, -0.2) is 0 Å². The van der Waals surface area contributed by atoms with Crippen LogP contribution in [0.15, 0.2) is 34.9 Å². The molecule has 1 aromatic heterocycles. The smallest absolute Gasteiger partial charge is 0.179 e. The lowest BCUT2D eigenvalue weighted by Gasteiger charge is -2.06. The molecule has 0 radical (unpaired) electrons. The molecule has 0 saturated heterocycles. The highest BCUT2D eigenvalue weighted by Crippen LogP contribution is 2.17. The van der Waals surface area contributed by atoms with E-state index in [0.717, 1.165) is 11.0 Å². The molecule has 2 rings (SSSR count). The number of carbonyl (C=O) groups excluding carboxylic acids is 1. The molecule has 1 aromatic carbocycles. The third-order valence-corrected chi connectivity index (χ3v) is 2.51. The van der Waals surface area contributed by atoms with Crippen LogP contribution in [0.4, 0.5) is 0 Å². The van der Waals surface area contributed by atoms with Gasteiger partial charge in [0.2, 0.25) is 0 Å². The second-order valence-electron chi connectivity index (χ2n) is 3.55. The standard InChI is InChI=1S/C12H13NO2/c1-2-10(13)12(14)9-3-4-11-8(7-9)5-6-15-11/h3-7,10H,2,13H2,1H3. The Balaban J connectivity index is 2.39. The summed E-state index contributed by atoms with van der Waals surface area (Å²) < 4.78 is 5.20. The fourth-order valence-corrected chi connectivity index (χ4v) is 1.52. The lowest BCUT2D eigenvalue weighted by atomic mass is 10.0. The number of furan rings is 1. The quantitative estimate of drug-likeness (QED) is 0.779. The number of fused-ring (bicyclic) bond motifs is 1. The molecule has 0 bridgehead atoms. The van der Waals surface area contributed by atoms with Crippen LogP contribution in [0.1, 0.15) is 23.7 Å². The van der Waals surface area contributed by atoms with Crippen LogP contribution in [0.2, 0.25) is 0 Å². The molecule has 0 aliphatic carbocycles. The Morgan fingerprint density at radius 1 is 1.47 bits per heavy atom. The van der Waals surface area contributed by atoms with Gasteiger partial charge in [-0.2, -0.15) is 0 Å². The van der Waals surface area contributed by atoms with Crippen LogP contribution in [0.25, 0.3) is 11.0 Å². The van der Waals surface area contributed by atoms with E-state index >= 15 is 0 Å². The largest absolute Gasteiger partial charge is 0.464 e. The molecule has 2 N–H and O–H groups in total. The van der Waals surface area contributed by atoms with Crippen molar-refractivity contribution in [3.05, 3.63) is 36.1 Å². The van der Waals surface area contributed by atoms with Crippen LogP contribution in [0, 0.1) is 0 Å². The summed E-state index contributed by atoms with van der Waals surface area (Å²) in [7, 11) is 0. The number of ketones is 1. The molecule has 3 heteroatoms. The molecule has 0 amide bonds. The number of benzene rings is 1. The molecule has 0 fully saturated rings. The van der Waals surface area contributed by atoms with Crippen LogP contribution in [-0.2, 0) is 0 Å². The highest BCUT2D eigenvalue weighted by Gasteiger charge is 2.14. The van der Waals surface area contributed by atoms with Crippen LogP contribution in [-0.4, -0.2) is 11.8 Å². The second-order valence-corrected chi connectivity index (χ2v) is 3.55. The third kappa shape index (κ3) is 1.78. The highest BCUT2D eigenvalue weighted by molar-refractivity contribution is 6.02. The van der Waals surface area contributed by atoms with E-state index in [2.05, 4.69) is 0 Å². The molecule has 78 valence electrons. The SMILES string of the molecule is CCC(N)C(=O)c1ccc2occc2c1. The molecule has 3 nitrogen and oxygen atoms in total. The van der Waals surface area contributed by atoms with E-state index in [4.69, 9.17) is 10.2 Å². The maximum Gasteiger partial charge on any atom is 0.179 e. The molecule has 0 aliphatic heterocycles. The van der Waals surface area contributed by atoms with Crippen molar-refractivity contribution in [2.75, 3.05) is 0 Å². The summed E-state index contributed by atoms with van der Waals surface area (Å²) in [4.78, 5) is 11.8. The zero-order valence-corrected chi connectivity index (χ0v) is 8.57. The van der Waals surface area contributed by atoms with Gasteiger partial charge in [0.15, 0.2) is 5.78 Å². The maximum atomic E-state index is 11.8. The Kier molecular flexibility index (Phi) is 2.56. The molecule has 1 unspecified atom stereocenters. The predicted octanol–water partition coefficient (Wildman–Crippen LogP) is 2.35. The minimum Gasteiger partial charge on any atom is -0.464 e. The summed E-state index contributed by atoms with van der Waals surface area (Å²) in [6.07, 6.45) is 2.26. The third-order valence-electron chi connectivity index (χ3n) is 2.51. The predicted molar refractivity (Wildman–Crippen MR) is 58.8 cm³/mol. The molecule has 0 aliphatic rings. The summed E-state index contributed by atoms with van der Waals surface area (Å²) >= 11 is 0. The Bertz CT molecular complexity index is 487. The first-order valence-electron chi connectivity index (χ1n) is 4.99. The monoisotopic (exact) mass is 203 g/mol. The number of hydrogen-bond acceptors (Lipinski definition) is 3. The van der Waals surface area contributed by atoms with Crippen LogP contribution in [0.3, 0.4) is 0 Å². The van der Waals surface area contributed by atoms with Gasteiger partial charge < -0.3 is 10.2 Å².